The molecule has 1 aromatic rings. The van der Waals surface area contributed by atoms with Crippen molar-refractivity contribution in [2.75, 3.05) is 17.3 Å². The van der Waals surface area contributed by atoms with Gasteiger partial charge in [0, 0.05) is 13.0 Å². The van der Waals surface area contributed by atoms with Crippen LogP contribution in [0.4, 0.5) is 11.4 Å². The summed E-state index contributed by atoms with van der Waals surface area (Å²) in [6.07, 6.45) is 7.62. The number of para-hydroxylation sites is 2. The molecule has 0 aliphatic heterocycles. The van der Waals surface area contributed by atoms with Crippen molar-refractivity contribution in [3.8, 4) is 0 Å². The van der Waals surface area contributed by atoms with Crippen LogP contribution in [0.1, 0.15) is 39.0 Å². The van der Waals surface area contributed by atoms with Crippen LogP contribution in [0.3, 0.4) is 0 Å². The number of rotatable bonds is 9. The summed E-state index contributed by atoms with van der Waals surface area (Å²) in [4.78, 5) is 12.3. The summed E-state index contributed by atoms with van der Waals surface area (Å²) in [5.74, 6) is 4.92. The van der Waals surface area contributed by atoms with Gasteiger partial charge in [-0.15, -0.1) is 0 Å². The van der Waals surface area contributed by atoms with Crippen LogP contribution in [0.2, 0.25) is 0 Å². The van der Waals surface area contributed by atoms with E-state index in [2.05, 4.69) is 24.4 Å². The molecule has 0 saturated heterocycles. The predicted molar refractivity (Wildman–Crippen MR) is 109 cm³/mol. The minimum atomic E-state index is -1.63. The summed E-state index contributed by atoms with van der Waals surface area (Å²) in [5, 5.41) is 23.4. The van der Waals surface area contributed by atoms with Gasteiger partial charge in [-0.05, 0) is 37.8 Å². The molecular weight excluding hydrogens is 343 g/mol. The number of benzene rings is 1. The van der Waals surface area contributed by atoms with Crippen molar-refractivity contribution in [3.63, 3.8) is 0 Å². The second-order valence-electron chi connectivity index (χ2n) is 6.77. The van der Waals surface area contributed by atoms with E-state index in [0.29, 0.717) is 17.8 Å². The molecule has 1 aromatic carbocycles. The van der Waals surface area contributed by atoms with Crippen molar-refractivity contribution in [3.05, 3.63) is 47.6 Å². The number of hydrazine groups is 1. The van der Waals surface area contributed by atoms with Crippen LogP contribution in [0, 0.1) is 0 Å². The van der Waals surface area contributed by atoms with Gasteiger partial charge < -0.3 is 26.1 Å². The van der Waals surface area contributed by atoms with E-state index < -0.39 is 13.1 Å². The molecule has 0 radical (unpaired) electrons. The Bertz CT molecular complexity index is 706. The van der Waals surface area contributed by atoms with Crippen molar-refractivity contribution in [1.82, 2.24) is 5.32 Å². The molecule has 1 unspecified atom stereocenters. The molecule has 1 atom stereocenters. The summed E-state index contributed by atoms with van der Waals surface area (Å²) in [7, 11) is -1.63. The van der Waals surface area contributed by atoms with Crippen LogP contribution in [-0.4, -0.2) is 35.6 Å². The summed E-state index contributed by atoms with van der Waals surface area (Å²) in [6.45, 7) is 2.36. The first kappa shape index (κ1) is 21.0. The molecule has 2 rings (SSSR count). The summed E-state index contributed by atoms with van der Waals surface area (Å²) >= 11 is 0. The third-order valence-electron chi connectivity index (χ3n) is 4.70. The average molecular weight is 372 g/mol. The smallest absolute Gasteiger partial charge is 0.426 e. The maximum Gasteiger partial charge on any atom is 0.475 e. The number of allylic oxidation sites excluding steroid dienone is 3. The van der Waals surface area contributed by atoms with Gasteiger partial charge in [0.25, 0.3) is 0 Å². The maximum atomic E-state index is 12.3. The van der Waals surface area contributed by atoms with Crippen molar-refractivity contribution in [2.24, 2.45) is 5.84 Å². The second-order valence-corrected chi connectivity index (χ2v) is 6.77. The van der Waals surface area contributed by atoms with E-state index >= 15 is 0 Å². The van der Waals surface area contributed by atoms with Crippen molar-refractivity contribution < 1.29 is 14.8 Å². The van der Waals surface area contributed by atoms with E-state index in [0.717, 1.165) is 24.8 Å². The molecular formula is C19H29BN4O3. The van der Waals surface area contributed by atoms with Crippen LogP contribution in [0.25, 0.3) is 0 Å². The summed E-state index contributed by atoms with van der Waals surface area (Å²) in [5.41, 5.74) is 9.42. The Kier molecular flexibility index (Phi) is 7.90. The van der Waals surface area contributed by atoms with Crippen molar-refractivity contribution >= 4 is 24.4 Å². The zero-order chi connectivity index (χ0) is 19.8. The van der Waals surface area contributed by atoms with Crippen LogP contribution in [0.5, 0.6) is 0 Å². The predicted octanol–water partition coefficient (Wildman–Crippen LogP) is 1.28. The molecule has 0 bridgehead atoms. The number of nitrogens with zero attached hydrogens (tertiary/aromatic N) is 1. The van der Waals surface area contributed by atoms with E-state index in [1.807, 2.05) is 12.1 Å². The molecule has 8 heteroatoms. The van der Waals surface area contributed by atoms with Gasteiger partial charge in [0.2, 0.25) is 5.91 Å². The molecule has 0 aromatic heterocycles. The second kappa shape index (κ2) is 10.2. The fraction of sp³-hybridized carbons (Fsp3) is 0.421. The normalized spacial score (nSPS) is 14.8. The zero-order valence-electron chi connectivity index (χ0n) is 15.8. The Morgan fingerprint density at radius 3 is 2.78 bits per heavy atom. The quantitative estimate of drug-likeness (QED) is 0.193. The lowest BCUT2D eigenvalue weighted by atomic mass is 9.75. The van der Waals surface area contributed by atoms with Gasteiger partial charge in [0.1, 0.15) is 0 Å². The summed E-state index contributed by atoms with van der Waals surface area (Å²) < 4.78 is 0. The van der Waals surface area contributed by atoms with Crippen LogP contribution >= 0.6 is 0 Å². The Morgan fingerprint density at radius 2 is 2.11 bits per heavy atom. The van der Waals surface area contributed by atoms with Crippen molar-refractivity contribution in [1.29, 1.82) is 0 Å². The van der Waals surface area contributed by atoms with E-state index in [4.69, 9.17) is 11.6 Å². The number of anilines is 2. The standard InChI is InChI=1S/C19H29BN4O3/c1-2-14-6-5-7-15(12-14)13-18(20(26)27)23-19(25)10-11-24(22)17-9-4-3-8-16(17)21/h3-4,7-9,12,18,26-27H,2,5-6,10-11,13,21-22H2,1H3,(H,23,25). The molecule has 7 nitrogen and oxygen atoms in total. The number of carbonyl (C=O) groups is 1. The molecule has 27 heavy (non-hydrogen) atoms. The molecule has 146 valence electrons. The number of hydrogen-bond acceptors (Lipinski definition) is 6. The van der Waals surface area contributed by atoms with Gasteiger partial charge in [-0.25, -0.2) is 5.84 Å². The molecule has 0 fully saturated rings. The van der Waals surface area contributed by atoms with Gasteiger partial charge in [-0.1, -0.05) is 42.4 Å². The highest BCUT2D eigenvalue weighted by Gasteiger charge is 2.26. The van der Waals surface area contributed by atoms with Gasteiger partial charge in [0.05, 0.1) is 17.3 Å². The van der Waals surface area contributed by atoms with E-state index in [1.54, 1.807) is 12.1 Å². The molecule has 0 saturated carbocycles. The molecule has 7 N–H and O–H groups in total. The highest BCUT2D eigenvalue weighted by atomic mass is 16.4. The number of hydrogen-bond donors (Lipinski definition) is 5. The fourth-order valence-electron chi connectivity index (χ4n) is 3.11. The largest absolute Gasteiger partial charge is 0.475 e. The first-order chi connectivity index (χ1) is 12.9. The molecule has 0 spiro atoms. The lowest BCUT2D eigenvalue weighted by Crippen LogP contribution is -2.47. The minimum Gasteiger partial charge on any atom is -0.426 e. The first-order valence-corrected chi connectivity index (χ1v) is 9.31. The SMILES string of the molecule is CCC1=CC(CC(NC(=O)CCN(N)c2ccccc2N)B(O)O)=CCC1. The molecule has 1 aliphatic rings. The highest BCUT2D eigenvalue weighted by Crippen LogP contribution is 2.23. The van der Waals surface area contributed by atoms with Crippen LogP contribution < -0.4 is 21.9 Å². The third kappa shape index (κ3) is 6.43. The number of carbonyl (C=O) groups excluding carboxylic acids is 1. The Hall–Kier alpha value is -2.29. The maximum absolute atomic E-state index is 12.3. The molecule has 1 amide bonds. The topological polar surface area (TPSA) is 125 Å². The monoisotopic (exact) mass is 372 g/mol. The number of nitrogens with one attached hydrogen (secondary N) is 1. The zero-order valence-corrected chi connectivity index (χ0v) is 15.8. The molecule has 1 aliphatic carbocycles. The first-order valence-electron chi connectivity index (χ1n) is 9.31. The Balaban J connectivity index is 1.88. The van der Waals surface area contributed by atoms with Gasteiger partial charge >= 0.3 is 7.12 Å². The third-order valence-corrected chi connectivity index (χ3v) is 4.70. The van der Waals surface area contributed by atoms with Crippen LogP contribution in [0.15, 0.2) is 47.6 Å². The number of nitrogen functional groups attached to an aromatic ring is 1. The average Bonchev–Trinajstić information content (AvgIpc) is 2.66. The van der Waals surface area contributed by atoms with Crippen LogP contribution in [-0.2, 0) is 4.79 Å². The van der Waals surface area contributed by atoms with Gasteiger partial charge in [-0.3, -0.25) is 4.79 Å². The molecule has 0 heterocycles. The van der Waals surface area contributed by atoms with E-state index in [-0.39, 0.29) is 18.9 Å². The highest BCUT2D eigenvalue weighted by molar-refractivity contribution is 6.43. The Morgan fingerprint density at radius 1 is 1.37 bits per heavy atom. The fourth-order valence-corrected chi connectivity index (χ4v) is 3.11. The van der Waals surface area contributed by atoms with E-state index in [1.165, 1.54) is 10.6 Å². The van der Waals surface area contributed by atoms with Crippen molar-refractivity contribution in [2.45, 2.75) is 45.0 Å². The number of amides is 1. The minimum absolute atomic E-state index is 0.114. The van der Waals surface area contributed by atoms with Gasteiger partial charge in [0.15, 0.2) is 0 Å². The number of nitrogens with two attached hydrogens (primary N) is 2. The lowest BCUT2D eigenvalue weighted by Gasteiger charge is -2.23. The summed E-state index contributed by atoms with van der Waals surface area (Å²) in [6, 6.07) is 7.15. The lowest BCUT2D eigenvalue weighted by molar-refractivity contribution is -0.121. The van der Waals surface area contributed by atoms with E-state index in [9.17, 15) is 14.8 Å². The van der Waals surface area contributed by atoms with Gasteiger partial charge in [-0.2, -0.15) is 0 Å². The Labute approximate surface area is 160 Å².